The van der Waals surface area contributed by atoms with Crippen molar-refractivity contribution in [1.82, 2.24) is 5.32 Å². The molecule has 0 aromatic rings. The Labute approximate surface area is 119 Å². The molecule has 1 aliphatic rings. The third kappa shape index (κ3) is 3.39. The molecule has 1 saturated heterocycles. The van der Waals surface area contributed by atoms with Crippen LogP contribution in [0.3, 0.4) is 0 Å². The van der Waals surface area contributed by atoms with Gasteiger partial charge in [-0.25, -0.2) is 0 Å². The second-order valence-electron chi connectivity index (χ2n) is 3.60. The Hall–Kier alpha value is 1.18. The van der Waals surface area contributed by atoms with Crippen LogP contribution in [0.2, 0.25) is 0 Å². The Balaban J connectivity index is 0.00000256. The average molecular weight is 299 g/mol. The predicted molar refractivity (Wildman–Crippen MR) is 49.2 cm³/mol. The molecule has 0 amide bonds. The van der Waals surface area contributed by atoms with E-state index in [2.05, 4.69) is 5.32 Å². The van der Waals surface area contributed by atoms with E-state index in [0.29, 0.717) is 0 Å². The molecule has 0 bridgehead atoms. The quantitative estimate of drug-likeness (QED) is 0.219. The van der Waals surface area contributed by atoms with Crippen LogP contribution in [-0.2, 0) is 9.13 Å². The Morgan fingerprint density at radius 3 is 2.00 bits per heavy atom. The first-order valence-corrected chi connectivity index (χ1v) is 7.42. The summed E-state index contributed by atoms with van der Waals surface area (Å²) in [6.45, 7) is -0.132. The Morgan fingerprint density at radius 2 is 1.76 bits per heavy atom. The van der Waals surface area contributed by atoms with Gasteiger partial charge in [-0.05, 0) is 6.42 Å². The maximum absolute atomic E-state index is 11.0. The van der Waals surface area contributed by atoms with Crippen molar-refractivity contribution in [3.05, 3.63) is 0 Å². The minimum atomic E-state index is -5.72. The smallest absolute Gasteiger partial charge is 0.776 e. The zero-order chi connectivity index (χ0) is 12.8. The van der Waals surface area contributed by atoms with E-state index in [1.165, 1.54) is 0 Å². The number of β-amino-alcohol motifs (C(OH)–C–C–N with tert-alkyl or cyclic N) is 1. The van der Waals surface area contributed by atoms with Crippen molar-refractivity contribution < 1.29 is 68.5 Å². The van der Waals surface area contributed by atoms with Gasteiger partial charge in [-0.1, -0.05) is 0 Å². The van der Waals surface area contributed by atoms with Crippen LogP contribution in [-0.4, -0.2) is 48.7 Å². The second kappa shape index (κ2) is 5.66. The summed E-state index contributed by atoms with van der Waals surface area (Å²) in [5, 5.41) is 17.3. The second-order valence-corrected chi connectivity index (χ2v) is 7.45. The molecule has 4 atom stereocenters. The summed E-state index contributed by atoms with van der Waals surface area (Å²) >= 11 is 0. The molecule has 4 unspecified atom stereocenters. The van der Waals surface area contributed by atoms with E-state index in [1.807, 2.05) is 0 Å². The summed E-state index contributed by atoms with van der Waals surface area (Å²) < 4.78 is 21.9. The fourth-order valence-electron chi connectivity index (χ4n) is 1.58. The molecule has 1 heterocycles. The van der Waals surface area contributed by atoms with Crippen LogP contribution >= 0.6 is 15.2 Å². The molecule has 12 heteroatoms. The third-order valence-corrected chi connectivity index (χ3v) is 6.27. The summed E-state index contributed by atoms with van der Waals surface area (Å²) in [6, 6.07) is -1.63. The van der Waals surface area contributed by atoms with Crippen LogP contribution in [0.5, 0.6) is 0 Å². The zero-order valence-electron chi connectivity index (χ0n) is 8.92. The van der Waals surface area contributed by atoms with Crippen LogP contribution in [0, 0.1) is 0 Å². The van der Waals surface area contributed by atoms with E-state index in [9.17, 15) is 19.1 Å². The Kier molecular flexibility index (Phi) is 6.06. The zero-order valence-corrected chi connectivity index (χ0v) is 12.7. The van der Waals surface area contributed by atoms with Crippen molar-refractivity contribution in [3.8, 4) is 0 Å². The Morgan fingerprint density at radius 1 is 1.29 bits per heavy atom. The van der Waals surface area contributed by atoms with Gasteiger partial charge >= 0.3 is 37.2 Å². The first-order chi connectivity index (χ1) is 7.00. The molecule has 0 aliphatic carbocycles. The van der Waals surface area contributed by atoms with Crippen LogP contribution < -0.4 is 39.8 Å². The van der Waals surface area contributed by atoms with Crippen LogP contribution in [0.1, 0.15) is 6.42 Å². The molecule has 0 saturated carbocycles. The molecule has 0 aromatic carbocycles. The summed E-state index contributed by atoms with van der Waals surface area (Å²) in [4.78, 5) is 37.3. The number of aliphatic hydroxyl groups is 2. The molecule has 1 fully saturated rings. The molecule has 6 N–H and O–H groups in total. The summed E-state index contributed by atoms with van der Waals surface area (Å²) in [7, 11) is -11.2. The van der Waals surface area contributed by atoms with Crippen molar-refractivity contribution in [3.63, 3.8) is 0 Å². The van der Waals surface area contributed by atoms with Gasteiger partial charge in [0, 0.05) is 6.54 Å². The SMILES string of the molecule is O=P([O-])(O)C(O)(C1CC(O)CN1)P(=O)(O)O.[Na+]. The maximum atomic E-state index is 11.0. The summed E-state index contributed by atoms with van der Waals surface area (Å²) in [5.74, 6) is 0. The van der Waals surface area contributed by atoms with Crippen molar-refractivity contribution in [2.24, 2.45) is 0 Å². The van der Waals surface area contributed by atoms with Crippen molar-refractivity contribution in [2.75, 3.05) is 6.54 Å². The predicted octanol–water partition coefficient (Wildman–Crippen LogP) is -5.92. The maximum Gasteiger partial charge on any atom is 1.00 e. The number of hydrogen-bond donors (Lipinski definition) is 6. The van der Waals surface area contributed by atoms with E-state index < -0.39 is 38.8 Å². The fraction of sp³-hybridized carbons (Fsp3) is 1.00. The minimum Gasteiger partial charge on any atom is -0.776 e. The molecule has 96 valence electrons. The first kappa shape index (κ1) is 18.2. The van der Waals surface area contributed by atoms with Gasteiger partial charge in [0.05, 0.1) is 12.1 Å². The average Bonchev–Trinajstić information content (AvgIpc) is 2.46. The number of aliphatic hydroxyl groups excluding tert-OH is 1. The molecule has 17 heavy (non-hydrogen) atoms. The molecule has 1 rings (SSSR count). The molecule has 0 spiro atoms. The van der Waals surface area contributed by atoms with Gasteiger partial charge in [-0.3, -0.25) is 4.57 Å². The van der Waals surface area contributed by atoms with Gasteiger partial charge in [0.2, 0.25) is 5.08 Å². The van der Waals surface area contributed by atoms with Crippen LogP contribution in [0.15, 0.2) is 0 Å². The number of rotatable bonds is 3. The molecule has 0 radical (unpaired) electrons. The number of hydrogen-bond acceptors (Lipinski definition) is 6. The topological polar surface area (TPSA) is 170 Å². The van der Waals surface area contributed by atoms with Crippen molar-refractivity contribution >= 4 is 15.2 Å². The van der Waals surface area contributed by atoms with Gasteiger partial charge in [-0.15, -0.1) is 0 Å². The molecule has 9 nitrogen and oxygen atoms in total. The van der Waals surface area contributed by atoms with E-state index in [-0.39, 0.29) is 36.1 Å². The first-order valence-electron chi connectivity index (χ1n) is 4.23. The summed E-state index contributed by atoms with van der Waals surface area (Å²) in [6.07, 6.45) is -1.44. The van der Waals surface area contributed by atoms with E-state index >= 15 is 0 Å². The van der Waals surface area contributed by atoms with Gasteiger partial charge < -0.3 is 39.7 Å². The van der Waals surface area contributed by atoms with Gasteiger partial charge in [0.25, 0.3) is 0 Å². The van der Waals surface area contributed by atoms with E-state index in [4.69, 9.17) is 19.8 Å². The number of nitrogens with one attached hydrogen (secondary N) is 1. The summed E-state index contributed by atoms with van der Waals surface area (Å²) in [5.41, 5.74) is 0. The minimum absolute atomic E-state index is 0. The Bertz CT molecular complexity index is 343. The van der Waals surface area contributed by atoms with Crippen LogP contribution in [0.25, 0.3) is 0 Å². The van der Waals surface area contributed by atoms with Gasteiger partial charge in [-0.2, -0.15) is 0 Å². The normalized spacial score (nSPS) is 32.4. The fourth-order valence-corrected chi connectivity index (χ4v) is 4.09. The third-order valence-electron chi connectivity index (χ3n) is 2.42. The standard InChI is InChI=1S/C5H13NO8P2.Na/c7-3-1-4(6-2-3)5(8,15(9,10)11)16(12,13)14;/h3-4,6-8H,1-2H2,(H2,9,10,11)(H2,12,13,14);/q;+1/p-1. The van der Waals surface area contributed by atoms with E-state index in [1.54, 1.807) is 0 Å². The molecule has 1 aliphatic heterocycles. The monoisotopic (exact) mass is 299 g/mol. The van der Waals surface area contributed by atoms with Crippen molar-refractivity contribution in [2.45, 2.75) is 23.6 Å². The molecule has 0 aromatic heterocycles. The molecular formula is C5H12NNaO8P2. The van der Waals surface area contributed by atoms with E-state index in [0.717, 1.165) is 0 Å². The van der Waals surface area contributed by atoms with Crippen LogP contribution in [0.4, 0.5) is 0 Å². The van der Waals surface area contributed by atoms with Gasteiger partial charge in [0.15, 0.2) is 7.60 Å². The van der Waals surface area contributed by atoms with Gasteiger partial charge in [0.1, 0.15) is 0 Å². The van der Waals surface area contributed by atoms with Crippen molar-refractivity contribution in [1.29, 1.82) is 0 Å². The molecular weight excluding hydrogens is 287 g/mol. The largest absolute Gasteiger partial charge is 1.00 e.